The molecule has 0 saturated carbocycles. The SMILES string of the molecule is [CH3][Hf]/[CH]=C\F. The molecular formula is C3H5FHf. The zero-order valence-electron chi connectivity index (χ0n) is 3.03. The molecule has 0 aromatic rings. The predicted octanol–water partition coefficient (Wildman–Crippen LogP) is 1.56. The van der Waals surface area contributed by atoms with Gasteiger partial charge in [-0.25, -0.2) is 0 Å². The van der Waals surface area contributed by atoms with Gasteiger partial charge >= 0.3 is 42.1 Å². The molecule has 0 nitrogen and oxygen atoms in total. The van der Waals surface area contributed by atoms with Crippen LogP contribution in [0.5, 0.6) is 0 Å². The van der Waals surface area contributed by atoms with E-state index in [0.29, 0.717) is 6.33 Å². The third kappa shape index (κ3) is 4.54. The Balaban J connectivity index is 2.62. The van der Waals surface area contributed by atoms with Gasteiger partial charge in [0, 0.05) is 0 Å². The average molecular weight is 239 g/mol. The molecule has 0 aliphatic rings. The molecule has 0 N–H and O–H groups in total. The minimum atomic E-state index is -0.514. The molecule has 0 spiro atoms. The van der Waals surface area contributed by atoms with Crippen molar-refractivity contribution in [2.45, 2.75) is 4.68 Å². The second-order valence-corrected chi connectivity index (χ2v) is 3.85. The van der Waals surface area contributed by atoms with Crippen molar-refractivity contribution >= 4 is 0 Å². The van der Waals surface area contributed by atoms with Crippen LogP contribution in [0.2, 0.25) is 4.68 Å². The third-order valence-electron chi connectivity index (χ3n) is 0.230. The van der Waals surface area contributed by atoms with Gasteiger partial charge in [-0.1, -0.05) is 0 Å². The van der Waals surface area contributed by atoms with Crippen molar-refractivity contribution in [3.05, 3.63) is 10.2 Å². The molecular weight excluding hydrogens is 234 g/mol. The first-order valence-corrected chi connectivity index (χ1v) is 7.01. The van der Waals surface area contributed by atoms with E-state index in [-0.39, 0.29) is 0 Å². The van der Waals surface area contributed by atoms with Crippen LogP contribution in [0, 0.1) is 0 Å². The summed E-state index contributed by atoms with van der Waals surface area (Å²) < 4.78 is 14.6. The third-order valence-corrected chi connectivity index (χ3v) is 1.88. The maximum atomic E-state index is 10.9. The summed E-state index contributed by atoms with van der Waals surface area (Å²) in [4.78, 5) is 0. The van der Waals surface area contributed by atoms with Gasteiger partial charge in [0.25, 0.3) is 0 Å². The van der Waals surface area contributed by atoms with Crippen molar-refractivity contribution in [3.63, 3.8) is 0 Å². The molecule has 0 amide bonds. The van der Waals surface area contributed by atoms with Crippen molar-refractivity contribution in [1.82, 2.24) is 0 Å². The van der Waals surface area contributed by atoms with E-state index >= 15 is 0 Å². The van der Waals surface area contributed by atoms with Crippen molar-refractivity contribution in [2.75, 3.05) is 0 Å². The number of rotatable bonds is 1. The van der Waals surface area contributed by atoms with Crippen LogP contribution in [0.3, 0.4) is 0 Å². The van der Waals surface area contributed by atoms with Crippen LogP contribution < -0.4 is 0 Å². The van der Waals surface area contributed by atoms with Gasteiger partial charge in [0.15, 0.2) is 0 Å². The topological polar surface area (TPSA) is 0 Å². The molecule has 0 bridgehead atoms. The minimum absolute atomic E-state index is 0.514. The van der Waals surface area contributed by atoms with E-state index in [1.54, 1.807) is 3.83 Å². The number of hydrogen-bond donors (Lipinski definition) is 0. The van der Waals surface area contributed by atoms with E-state index in [2.05, 4.69) is 4.68 Å². The number of hydrogen-bond acceptors (Lipinski definition) is 0. The molecule has 0 fully saturated rings. The molecule has 2 heteroatoms. The average Bonchev–Trinajstić information content (AvgIpc) is 1.41. The van der Waals surface area contributed by atoms with Crippen LogP contribution in [0.15, 0.2) is 10.2 Å². The number of halogens is 1. The van der Waals surface area contributed by atoms with Gasteiger partial charge in [0.1, 0.15) is 0 Å². The van der Waals surface area contributed by atoms with Gasteiger partial charge in [-0.2, -0.15) is 0 Å². The Kier molecular flexibility index (Phi) is 5.03. The summed E-state index contributed by atoms with van der Waals surface area (Å²) in [5, 5.41) is 0. The Bertz CT molecular complexity index is 33.9. The van der Waals surface area contributed by atoms with E-state index in [1.165, 1.54) is 0 Å². The molecule has 0 heterocycles. The van der Waals surface area contributed by atoms with E-state index in [9.17, 15) is 4.39 Å². The quantitative estimate of drug-likeness (QED) is 0.608. The van der Waals surface area contributed by atoms with Crippen LogP contribution in [-0.4, -0.2) is 0 Å². The van der Waals surface area contributed by atoms with E-state index < -0.39 is 22.9 Å². The van der Waals surface area contributed by atoms with Gasteiger partial charge in [0.2, 0.25) is 0 Å². The Morgan fingerprint density at radius 2 is 2.40 bits per heavy atom. The standard InChI is InChI=1S/C2H2F.CH3.Hf/c1-2-3;;/h1-2H;1H3;. The fourth-order valence-electron chi connectivity index (χ4n) is 0.0630. The molecule has 0 unspecified atom stereocenters. The van der Waals surface area contributed by atoms with Crippen molar-refractivity contribution < 1.29 is 27.3 Å². The Morgan fingerprint density at radius 3 is 2.40 bits per heavy atom. The van der Waals surface area contributed by atoms with Crippen molar-refractivity contribution in [2.24, 2.45) is 0 Å². The molecule has 0 radical (unpaired) electrons. The summed E-state index contributed by atoms with van der Waals surface area (Å²) >= 11 is -0.514. The van der Waals surface area contributed by atoms with Gasteiger partial charge in [-0.3, -0.25) is 0 Å². The summed E-state index contributed by atoms with van der Waals surface area (Å²) in [6.07, 6.45) is 0.642. The molecule has 0 aliphatic carbocycles. The molecule has 28 valence electrons. The van der Waals surface area contributed by atoms with Gasteiger partial charge in [0.05, 0.1) is 0 Å². The molecule has 0 rings (SSSR count). The van der Waals surface area contributed by atoms with E-state index in [0.717, 1.165) is 0 Å². The molecule has 0 aromatic carbocycles. The second kappa shape index (κ2) is 4.54. The molecule has 0 saturated heterocycles. The summed E-state index contributed by atoms with van der Waals surface area (Å²) in [6.45, 7) is 0. The predicted molar refractivity (Wildman–Crippen MR) is 16.1 cm³/mol. The fraction of sp³-hybridized carbons (Fsp3) is 0.333. The van der Waals surface area contributed by atoms with E-state index in [4.69, 9.17) is 0 Å². The van der Waals surface area contributed by atoms with Crippen molar-refractivity contribution in [3.8, 4) is 0 Å². The van der Waals surface area contributed by atoms with Gasteiger partial charge in [-0.15, -0.1) is 0 Å². The first-order valence-electron chi connectivity index (χ1n) is 1.34. The molecule has 0 atom stereocenters. The van der Waals surface area contributed by atoms with Crippen LogP contribution in [0.1, 0.15) is 0 Å². The van der Waals surface area contributed by atoms with E-state index in [1.807, 2.05) is 0 Å². The van der Waals surface area contributed by atoms with Crippen molar-refractivity contribution in [1.29, 1.82) is 0 Å². The van der Waals surface area contributed by atoms with Crippen LogP contribution in [0.4, 0.5) is 4.39 Å². The molecule has 0 aliphatic heterocycles. The Hall–Kier alpha value is 0.540. The normalized spacial score (nSPS) is 9.20. The summed E-state index contributed by atoms with van der Waals surface area (Å²) in [5.41, 5.74) is 0. The molecule has 5 heavy (non-hydrogen) atoms. The van der Waals surface area contributed by atoms with Crippen LogP contribution in [-0.2, 0) is 22.9 Å². The summed E-state index contributed by atoms with van der Waals surface area (Å²) in [6, 6.07) is 0. The van der Waals surface area contributed by atoms with Crippen LogP contribution >= 0.6 is 0 Å². The Labute approximate surface area is 42.4 Å². The fourth-order valence-corrected chi connectivity index (χ4v) is 0.516. The first kappa shape index (κ1) is 5.54. The molecule has 0 aromatic heterocycles. The zero-order chi connectivity index (χ0) is 4.12. The van der Waals surface area contributed by atoms with Gasteiger partial charge < -0.3 is 0 Å². The Morgan fingerprint density at radius 1 is 1.80 bits per heavy atom. The first-order chi connectivity index (χ1) is 2.41. The van der Waals surface area contributed by atoms with Crippen LogP contribution in [0.25, 0.3) is 0 Å². The van der Waals surface area contributed by atoms with Gasteiger partial charge in [-0.05, 0) is 0 Å². The summed E-state index contributed by atoms with van der Waals surface area (Å²) in [7, 11) is 0. The monoisotopic (exact) mass is 240 g/mol. The zero-order valence-corrected chi connectivity index (χ0v) is 6.63. The second-order valence-electron chi connectivity index (χ2n) is 0.581. The maximum absolute atomic E-state index is 10.9. The summed E-state index contributed by atoms with van der Waals surface area (Å²) in [5.74, 6) is 0.